The number of thiazole rings is 1. The molecule has 2 aromatic heterocycles. The first-order valence-corrected chi connectivity index (χ1v) is 11.4. The second-order valence-electron chi connectivity index (χ2n) is 7.69. The molecular formula is C25H24N4O3S. The molecule has 4 rings (SSSR count). The molecule has 2 amide bonds. The minimum Gasteiger partial charge on any atom is -0.441 e. The summed E-state index contributed by atoms with van der Waals surface area (Å²) in [5.41, 5.74) is 4.19. The van der Waals surface area contributed by atoms with Crippen molar-refractivity contribution in [3.05, 3.63) is 77.0 Å². The highest BCUT2D eigenvalue weighted by molar-refractivity contribution is 7.14. The van der Waals surface area contributed by atoms with Gasteiger partial charge in [-0.1, -0.05) is 42.5 Å². The van der Waals surface area contributed by atoms with E-state index in [1.54, 1.807) is 6.92 Å². The summed E-state index contributed by atoms with van der Waals surface area (Å²) in [4.78, 5) is 32.8. The van der Waals surface area contributed by atoms with Crippen LogP contribution in [0.1, 0.15) is 36.9 Å². The molecule has 7 nitrogen and oxygen atoms in total. The summed E-state index contributed by atoms with van der Waals surface area (Å²) >= 11 is 1.36. The fourth-order valence-corrected chi connectivity index (χ4v) is 4.14. The van der Waals surface area contributed by atoms with E-state index in [0.717, 1.165) is 22.4 Å². The first-order chi connectivity index (χ1) is 15.9. The molecule has 0 saturated carbocycles. The number of rotatable bonds is 7. The van der Waals surface area contributed by atoms with Gasteiger partial charge >= 0.3 is 0 Å². The van der Waals surface area contributed by atoms with Crippen molar-refractivity contribution in [3.63, 3.8) is 0 Å². The third-order valence-corrected chi connectivity index (χ3v) is 5.88. The number of amides is 2. The van der Waals surface area contributed by atoms with Crippen molar-refractivity contribution >= 4 is 28.3 Å². The maximum atomic E-state index is 12.6. The molecule has 0 aliphatic rings. The number of oxazole rings is 1. The molecule has 4 aromatic rings. The third-order valence-electron chi connectivity index (χ3n) is 5.12. The summed E-state index contributed by atoms with van der Waals surface area (Å²) < 4.78 is 5.73. The van der Waals surface area contributed by atoms with Crippen LogP contribution in [0, 0.1) is 6.92 Å². The molecule has 8 heteroatoms. The van der Waals surface area contributed by atoms with E-state index in [9.17, 15) is 9.59 Å². The van der Waals surface area contributed by atoms with Gasteiger partial charge in [0.25, 0.3) is 0 Å². The van der Waals surface area contributed by atoms with Crippen LogP contribution in [0.25, 0.3) is 22.7 Å². The number of benzene rings is 2. The Morgan fingerprint density at radius 1 is 1.03 bits per heavy atom. The van der Waals surface area contributed by atoms with Gasteiger partial charge in [0.15, 0.2) is 5.13 Å². The number of carbonyl (C=O) groups excluding carboxylic acids is 2. The number of hydrogen-bond acceptors (Lipinski definition) is 6. The Kier molecular flexibility index (Phi) is 6.65. The highest BCUT2D eigenvalue weighted by Gasteiger charge is 2.16. The Labute approximate surface area is 195 Å². The van der Waals surface area contributed by atoms with Gasteiger partial charge in [0.05, 0.1) is 23.9 Å². The van der Waals surface area contributed by atoms with Crippen molar-refractivity contribution in [2.75, 3.05) is 5.32 Å². The van der Waals surface area contributed by atoms with Crippen LogP contribution >= 0.6 is 11.3 Å². The van der Waals surface area contributed by atoms with Gasteiger partial charge in [0.1, 0.15) is 5.76 Å². The SMILES string of the molecule is CC(=O)NC(C)c1ccc(-c2csc(NC(=O)Cc3nc(-c4ccccc4)oc3C)n2)cc1. The van der Waals surface area contributed by atoms with Crippen molar-refractivity contribution in [2.24, 2.45) is 0 Å². The summed E-state index contributed by atoms with van der Waals surface area (Å²) in [5, 5.41) is 8.14. The van der Waals surface area contributed by atoms with E-state index in [4.69, 9.17) is 4.42 Å². The number of aryl methyl sites for hydroxylation is 1. The summed E-state index contributed by atoms with van der Waals surface area (Å²) in [7, 11) is 0. The molecule has 33 heavy (non-hydrogen) atoms. The van der Waals surface area contributed by atoms with Crippen LogP contribution in [0.4, 0.5) is 5.13 Å². The van der Waals surface area contributed by atoms with Crippen molar-refractivity contribution in [1.29, 1.82) is 0 Å². The fourth-order valence-electron chi connectivity index (χ4n) is 3.41. The molecule has 168 valence electrons. The second kappa shape index (κ2) is 9.79. The van der Waals surface area contributed by atoms with Gasteiger partial charge in [0, 0.05) is 23.4 Å². The standard InChI is InChI=1S/C25H24N4O3S/c1-15(26-17(3)30)18-9-11-19(12-10-18)22-14-33-25(28-22)29-23(31)13-21-16(2)32-24(27-21)20-7-5-4-6-8-20/h4-12,14-15H,13H2,1-3H3,(H,26,30)(H,28,29,31). The predicted molar refractivity (Wildman–Crippen MR) is 129 cm³/mol. The summed E-state index contributed by atoms with van der Waals surface area (Å²) in [5.74, 6) is 0.857. The van der Waals surface area contributed by atoms with E-state index in [-0.39, 0.29) is 24.3 Å². The van der Waals surface area contributed by atoms with Crippen LogP contribution in [-0.2, 0) is 16.0 Å². The number of hydrogen-bond donors (Lipinski definition) is 2. The number of nitrogens with one attached hydrogen (secondary N) is 2. The lowest BCUT2D eigenvalue weighted by Crippen LogP contribution is -2.23. The van der Waals surface area contributed by atoms with Crippen LogP contribution in [0.15, 0.2) is 64.4 Å². The lowest BCUT2D eigenvalue weighted by molar-refractivity contribution is -0.119. The molecule has 2 N–H and O–H groups in total. The van der Waals surface area contributed by atoms with Crippen molar-refractivity contribution in [1.82, 2.24) is 15.3 Å². The van der Waals surface area contributed by atoms with Gasteiger partial charge in [-0.05, 0) is 31.5 Å². The Morgan fingerprint density at radius 3 is 2.45 bits per heavy atom. The average Bonchev–Trinajstić information content (AvgIpc) is 3.41. The smallest absolute Gasteiger partial charge is 0.232 e. The average molecular weight is 461 g/mol. The lowest BCUT2D eigenvalue weighted by atomic mass is 10.1. The predicted octanol–water partition coefficient (Wildman–Crippen LogP) is 5.15. The van der Waals surface area contributed by atoms with E-state index < -0.39 is 0 Å². The number of anilines is 1. The molecule has 1 atom stereocenters. The minimum absolute atomic E-state index is 0.0655. The Hall–Kier alpha value is -3.78. The fraction of sp³-hybridized carbons (Fsp3) is 0.200. The monoisotopic (exact) mass is 460 g/mol. The van der Waals surface area contributed by atoms with E-state index in [2.05, 4.69) is 20.6 Å². The zero-order valence-corrected chi connectivity index (χ0v) is 19.4. The summed E-state index contributed by atoms with van der Waals surface area (Å²) in [6.07, 6.45) is 0.104. The molecule has 0 radical (unpaired) electrons. The van der Waals surface area contributed by atoms with Gasteiger partial charge in [0.2, 0.25) is 17.7 Å². The first kappa shape index (κ1) is 22.4. The Bertz CT molecular complexity index is 1260. The van der Waals surface area contributed by atoms with Crippen LogP contribution in [0.3, 0.4) is 0 Å². The zero-order valence-electron chi connectivity index (χ0n) is 18.6. The topological polar surface area (TPSA) is 97.1 Å². The van der Waals surface area contributed by atoms with Crippen LogP contribution in [0.5, 0.6) is 0 Å². The van der Waals surface area contributed by atoms with Crippen molar-refractivity contribution < 1.29 is 14.0 Å². The minimum atomic E-state index is -0.202. The largest absolute Gasteiger partial charge is 0.441 e. The van der Waals surface area contributed by atoms with E-state index in [0.29, 0.717) is 22.5 Å². The molecule has 0 bridgehead atoms. The number of aromatic nitrogens is 2. The van der Waals surface area contributed by atoms with Gasteiger partial charge in [-0.15, -0.1) is 11.3 Å². The zero-order chi connectivity index (χ0) is 23.4. The van der Waals surface area contributed by atoms with Crippen LogP contribution in [-0.4, -0.2) is 21.8 Å². The molecular weight excluding hydrogens is 436 g/mol. The summed E-state index contributed by atoms with van der Waals surface area (Å²) in [6.45, 7) is 5.24. The van der Waals surface area contributed by atoms with E-state index >= 15 is 0 Å². The highest BCUT2D eigenvalue weighted by Crippen LogP contribution is 2.27. The normalized spacial score (nSPS) is 11.7. The molecule has 1 unspecified atom stereocenters. The maximum absolute atomic E-state index is 12.6. The Balaban J connectivity index is 1.39. The van der Waals surface area contributed by atoms with Gasteiger partial charge < -0.3 is 15.1 Å². The van der Waals surface area contributed by atoms with Gasteiger partial charge in [-0.25, -0.2) is 9.97 Å². The van der Waals surface area contributed by atoms with Crippen molar-refractivity contribution in [2.45, 2.75) is 33.2 Å². The second-order valence-corrected chi connectivity index (χ2v) is 8.55. The summed E-state index contributed by atoms with van der Waals surface area (Å²) in [6, 6.07) is 17.4. The first-order valence-electron chi connectivity index (χ1n) is 10.5. The highest BCUT2D eigenvalue weighted by atomic mass is 32.1. The quantitative estimate of drug-likeness (QED) is 0.397. The number of carbonyl (C=O) groups is 2. The van der Waals surface area contributed by atoms with E-state index in [1.807, 2.05) is 66.9 Å². The Morgan fingerprint density at radius 2 is 1.76 bits per heavy atom. The molecule has 0 aliphatic carbocycles. The molecule has 0 fully saturated rings. The molecule has 2 aromatic carbocycles. The molecule has 0 aliphatic heterocycles. The molecule has 0 saturated heterocycles. The molecule has 2 heterocycles. The molecule has 0 spiro atoms. The van der Waals surface area contributed by atoms with E-state index in [1.165, 1.54) is 18.3 Å². The lowest BCUT2D eigenvalue weighted by Gasteiger charge is -2.12. The number of nitrogens with zero attached hydrogens (tertiary/aromatic N) is 2. The van der Waals surface area contributed by atoms with Gasteiger partial charge in [-0.2, -0.15) is 0 Å². The van der Waals surface area contributed by atoms with Crippen molar-refractivity contribution in [3.8, 4) is 22.7 Å². The van der Waals surface area contributed by atoms with Crippen LogP contribution in [0.2, 0.25) is 0 Å². The van der Waals surface area contributed by atoms with Crippen LogP contribution < -0.4 is 10.6 Å². The maximum Gasteiger partial charge on any atom is 0.232 e. The van der Waals surface area contributed by atoms with Gasteiger partial charge in [-0.3, -0.25) is 9.59 Å². The third kappa shape index (κ3) is 5.53.